The third-order valence-corrected chi connectivity index (χ3v) is 7.00. The molecule has 3 aromatic rings. The normalized spacial score (nSPS) is 16.0. The van der Waals surface area contributed by atoms with Crippen LogP contribution in [0.4, 0.5) is 4.39 Å². The number of aliphatic carboxylic acids is 1. The van der Waals surface area contributed by atoms with Gasteiger partial charge >= 0.3 is 5.97 Å². The van der Waals surface area contributed by atoms with Gasteiger partial charge in [-0.15, -0.1) is 0 Å². The molecule has 0 bridgehead atoms. The Morgan fingerprint density at radius 3 is 2.49 bits per heavy atom. The number of carbonyl (C=O) groups is 1. The van der Waals surface area contributed by atoms with E-state index in [1.54, 1.807) is 26.2 Å². The first-order valence-electron chi connectivity index (χ1n) is 12.0. The number of carboxylic acid groups (broad SMARTS) is 1. The molecule has 0 saturated heterocycles. The number of benzene rings is 3. The molecule has 1 aliphatic carbocycles. The number of aryl methyl sites for hydroxylation is 1. The van der Waals surface area contributed by atoms with E-state index in [0.717, 1.165) is 40.8 Å². The van der Waals surface area contributed by atoms with Crippen LogP contribution < -0.4 is 9.47 Å². The number of carboxylic acids is 1. The predicted octanol–water partition coefficient (Wildman–Crippen LogP) is 7.13. The van der Waals surface area contributed by atoms with E-state index in [9.17, 15) is 14.3 Å². The van der Waals surface area contributed by atoms with E-state index in [0.29, 0.717) is 17.9 Å². The largest absolute Gasteiger partial charge is 0.497 e. The molecule has 0 spiro atoms. The maximum atomic E-state index is 14.8. The highest BCUT2D eigenvalue weighted by Gasteiger charge is 2.31. The Hall–Kier alpha value is -3.34. The lowest BCUT2D eigenvalue weighted by Crippen LogP contribution is -2.17. The lowest BCUT2D eigenvalue weighted by atomic mass is 9.81. The van der Waals surface area contributed by atoms with E-state index in [2.05, 4.69) is 32.9 Å². The summed E-state index contributed by atoms with van der Waals surface area (Å²) in [6, 6.07) is 16.8. The van der Waals surface area contributed by atoms with Gasteiger partial charge in [0.05, 0.1) is 13.0 Å². The molecule has 0 amide bonds. The van der Waals surface area contributed by atoms with Crippen molar-refractivity contribution in [2.24, 2.45) is 5.92 Å². The van der Waals surface area contributed by atoms with Crippen LogP contribution in [0.2, 0.25) is 0 Å². The highest BCUT2D eigenvalue weighted by molar-refractivity contribution is 5.72. The number of methoxy groups -OCH3 is 1. The van der Waals surface area contributed by atoms with Gasteiger partial charge in [-0.05, 0) is 82.3 Å². The maximum absolute atomic E-state index is 14.8. The SMILES string of the molecule is COc1ccc(F)c(-c2ccc(COc3ccc4c(c3)[C@H]([C@@H](C)C(=O)O)CC4)cc2C(C)(C)C)c1. The van der Waals surface area contributed by atoms with Crippen LogP contribution in [0.25, 0.3) is 11.1 Å². The second-order valence-electron chi connectivity index (χ2n) is 10.4. The summed E-state index contributed by atoms with van der Waals surface area (Å²) in [7, 11) is 1.58. The lowest BCUT2D eigenvalue weighted by molar-refractivity contribution is -0.141. The van der Waals surface area contributed by atoms with Crippen molar-refractivity contribution >= 4 is 5.97 Å². The summed E-state index contributed by atoms with van der Waals surface area (Å²) in [5, 5.41) is 9.47. The first-order valence-corrected chi connectivity index (χ1v) is 12.0. The van der Waals surface area contributed by atoms with Crippen molar-refractivity contribution in [2.45, 2.75) is 58.5 Å². The van der Waals surface area contributed by atoms with Gasteiger partial charge in [0.2, 0.25) is 0 Å². The molecule has 5 heteroatoms. The van der Waals surface area contributed by atoms with Crippen molar-refractivity contribution in [1.29, 1.82) is 0 Å². The number of halogens is 1. The molecule has 1 N–H and O–H groups in total. The summed E-state index contributed by atoms with van der Waals surface area (Å²) in [4.78, 5) is 11.5. The van der Waals surface area contributed by atoms with Crippen LogP contribution in [0.5, 0.6) is 11.5 Å². The van der Waals surface area contributed by atoms with Crippen molar-refractivity contribution in [3.8, 4) is 22.6 Å². The first kappa shape index (κ1) is 24.8. The highest BCUT2D eigenvalue weighted by Crippen LogP contribution is 2.41. The Balaban J connectivity index is 1.60. The molecule has 0 unspecified atom stereocenters. The standard InChI is InChI=1S/C30H33FO4/c1-18(29(32)33)23-12-8-20-7-9-22(16-25(20)23)35-17-19-6-11-24(27(14-19)30(2,3)4)26-15-21(34-5)10-13-28(26)31/h6-7,9-11,13-16,18,23H,8,12,17H2,1-5H3,(H,32,33)/t18-,23+/m1/s1. The fraction of sp³-hybridized carbons (Fsp3) is 0.367. The molecule has 0 aromatic heterocycles. The molecule has 0 fully saturated rings. The van der Waals surface area contributed by atoms with E-state index >= 15 is 0 Å². The highest BCUT2D eigenvalue weighted by atomic mass is 19.1. The molecule has 4 nitrogen and oxygen atoms in total. The van der Waals surface area contributed by atoms with E-state index in [4.69, 9.17) is 9.47 Å². The monoisotopic (exact) mass is 476 g/mol. The summed E-state index contributed by atoms with van der Waals surface area (Å²) < 4.78 is 26.2. The topological polar surface area (TPSA) is 55.8 Å². The minimum Gasteiger partial charge on any atom is -0.497 e. The maximum Gasteiger partial charge on any atom is 0.306 e. The van der Waals surface area contributed by atoms with Gasteiger partial charge < -0.3 is 14.6 Å². The van der Waals surface area contributed by atoms with E-state index < -0.39 is 11.9 Å². The second-order valence-corrected chi connectivity index (χ2v) is 10.4. The Bertz CT molecular complexity index is 1240. The zero-order valence-electron chi connectivity index (χ0n) is 21.0. The third-order valence-electron chi connectivity index (χ3n) is 7.00. The van der Waals surface area contributed by atoms with E-state index in [1.165, 1.54) is 11.6 Å². The van der Waals surface area contributed by atoms with Crippen molar-refractivity contribution in [1.82, 2.24) is 0 Å². The number of hydrogen-bond donors (Lipinski definition) is 1. The van der Waals surface area contributed by atoms with Crippen molar-refractivity contribution in [3.05, 3.63) is 82.7 Å². The van der Waals surface area contributed by atoms with Gasteiger partial charge in [-0.25, -0.2) is 4.39 Å². The Morgan fingerprint density at radius 1 is 1.06 bits per heavy atom. The molecule has 0 radical (unpaired) electrons. The number of fused-ring (bicyclic) bond motifs is 1. The number of rotatable bonds is 7. The van der Waals surface area contributed by atoms with E-state index in [-0.39, 0.29) is 17.2 Å². The molecule has 2 atom stereocenters. The molecule has 4 rings (SSSR count). The second kappa shape index (κ2) is 9.73. The zero-order chi connectivity index (χ0) is 25.3. The average molecular weight is 477 g/mol. The summed E-state index contributed by atoms with van der Waals surface area (Å²) in [6.07, 6.45) is 1.75. The van der Waals surface area contributed by atoms with Gasteiger partial charge in [0, 0.05) is 5.56 Å². The fourth-order valence-electron chi connectivity index (χ4n) is 4.93. The average Bonchev–Trinajstić information content (AvgIpc) is 3.25. The summed E-state index contributed by atoms with van der Waals surface area (Å²) >= 11 is 0. The molecule has 0 saturated carbocycles. The Morgan fingerprint density at radius 2 is 1.80 bits per heavy atom. The van der Waals surface area contributed by atoms with E-state index in [1.807, 2.05) is 24.3 Å². The third kappa shape index (κ3) is 5.19. The van der Waals surface area contributed by atoms with Crippen LogP contribution in [0.1, 0.15) is 62.3 Å². The van der Waals surface area contributed by atoms with Crippen LogP contribution in [0.3, 0.4) is 0 Å². The van der Waals surface area contributed by atoms with Crippen molar-refractivity contribution in [3.63, 3.8) is 0 Å². The molecular formula is C30H33FO4. The molecule has 35 heavy (non-hydrogen) atoms. The summed E-state index contributed by atoms with van der Waals surface area (Å²) in [5.74, 6) is -0.129. The summed E-state index contributed by atoms with van der Waals surface area (Å²) in [5.41, 5.74) is 5.42. The van der Waals surface area contributed by atoms with Gasteiger partial charge in [-0.1, -0.05) is 52.0 Å². The minimum atomic E-state index is -0.767. The van der Waals surface area contributed by atoms with Crippen LogP contribution in [-0.2, 0) is 23.2 Å². The molecule has 0 heterocycles. The molecule has 1 aliphatic rings. The zero-order valence-corrected chi connectivity index (χ0v) is 21.0. The van der Waals surface area contributed by atoms with Gasteiger partial charge in [-0.2, -0.15) is 0 Å². The predicted molar refractivity (Wildman–Crippen MR) is 136 cm³/mol. The summed E-state index contributed by atoms with van der Waals surface area (Å²) in [6.45, 7) is 8.47. The van der Waals surface area contributed by atoms with Gasteiger partial charge in [0.15, 0.2) is 0 Å². The minimum absolute atomic E-state index is 0.00980. The number of ether oxygens (including phenoxy) is 2. The van der Waals surface area contributed by atoms with Gasteiger partial charge in [-0.3, -0.25) is 4.79 Å². The smallest absolute Gasteiger partial charge is 0.306 e. The van der Waals surface area contributed by atoms with Crippen LogP contribution >= 0.6 is 0 Å². The molecular weight excluding hydrogens is 443 g/mol. The van der Waals surface area contributed by atoms with Crippen LogP contribution in [0.15, 0.2) is 54.6 Å². The van der Waals surface area contributed by atoms with Crippen LogP contribution in [-0.4, -0.2) is 18.2 Å². The van der Waals surface area contributed by atoms with Gasteiger partial charge in [0.25, 0.3) is 0 Å². The Kier molecular flexibility index (Phi) is 6.88. The Labute approximate surface area is 206 Å². The molecule has 184 valence electrons. The van der Waals surface area contributed by atoms with Crippen molar-refractivity contribution in [2.75, 3.05) is 7.11 Å². The lowest BCUT2D eigenvalue weighted by Gasteiger charge is -2.25. The van der Waals surface area contributed by atoms with Crippen LogP contribution in [0, 0.1) is 11.7 Å². The quantitative estimate of drug-likeness (QED) is 0.394. The molecule has 0 aliphatic heterocycles. The number of hydrogen-bond acceptors (Lipinski definition) is 3. The first-order chi connectivity index (χ1) is 16.6. The molecule has 3 aromatic carbocycles. The fourth-order valence-corrected chi connectivity index (χ4v) is 4.93. The van der Waals surface area contributed by atoms with Gasteiger partial charge in [0.1, 0.15) is 23.9 Å². The van der Waals surface area contributed by atoms with Crippen molar-refractivity contribution < 1.29 is 23.8 Å².